The number of piperazine rings is 1. The molecule has 0 saturated carbocycles. The zero-order valence-corrected chi connectivity index (χ0v) is 19.3. The molecule has 9 heteroatoms. The molecule has 1 fully saturated rings. The second-order valence-electron chi connectivity index (χ2n) is 9.44. The lowest BCUT2D eigenvalue weighted by Crippen LogP contribution is -2.48. The molecule has 2 aromatic heterocycles. The van der Waals surface area contributed by atoms with E-state index in [-0.39, 0.29) is 11.0 Å². The largest absolute Gasteiger partial charge is 0.309 e. The van der Waals surface area contributed by atoms with E-state index in [0.29, 0.717) is 44.5 Å². The van der Waals surface area contributed by atoms with Crippen molar-refractivity contribution in [2.45, 2.75) is 46.6 Å². The first-order valence-corrected chi connectivity index (χ1v) is 12.9. The molecular weight excluding hydrogens is 408 g/mol. The summed E-state index contributed by atoms with van der Waals surface area (Å²) in [5, 5.41) is 0.781. The van der Waals surface area contributed by atoms with Gasteiger partial charge >= 0.3 is 0 Å². The van der Waals surface area contributed by atoms with Crippen molar-refractivity contribution >= 4 is 31.6 Å². The summed E-state index contributed by atoms with van der Waals surface area (Å²) in [6, 6.07) is 0. The Hall–Kier alpha value is -1.29. The first-order chi connectivity index (χ1) is 13.5. The fourth-order valence-electron chi connectivity index (χ4n) is 4.47. The van der Waals surface area contributed by atoms with E-state index in [1.54, 1.807) is 11.3 Å². The molecule has 1 saturated heterocycles. The van der Waals surface area contributed by atoms with Gasteiger partial charge in [-0.2, -0.15) is 4.31 Å². The number of fused-ring (bicyclic) bond motifs is 3. The van der Waals surface area contributed by atoms with Gasteiger partial charge in [-0.3, -0.25) is 9.69 Å². The van der Waals surface area contributed by atoms with Crippen LogP contribution in [0.25, 0.3) is 10.2 Å². The molecule has 1 aliphatic carbocycles. The number of nitrogens with zero attached hydrogens (tertiary/aromatic N) is 3. The van der Waals surface area contributed by atoms with Crippen LogP contribution in [0.1, 0.15) is 43.5 Å². The zero-order valence-electron chi connectivity index (χ0n) is 17.6. The molecule has 0 spiro atoms. The van der Waals surface area contributed by atoms with Crippen LogP contribution in [0.2, 0.25) is 0 Å². The molecule has 1 aliphatic heterocycles. The number of aromatic nitrogens is 2. The zero-order chi connectivity index (χ0) is 21.0. The number of nitrogens with one attached hydrogen (secondary N) is 1. The second kappa shape index (κ2) is 7.44. The molecule has 0 aromatic carbocycles. The normalized spacial score (nSPS) is 22.1. The third-order valence-corrected chi connectivity index (χ3v) is 8.82. The first kappa shape index (κ1) is 21.0. The Morgan fingerprint density at radius 1 is 1.21 bits per heavy atom. The smallest absolute Gasteiger partial charge is 0.259 e. The van der Waals surface area contributed by atoms with E-state index in [2.05, 4.69) is 30.7 Å². The van der Waals surface area contributed by atoms with Gasteiger partial charge in [-0.05, 0) is 36.2 Å². The Morgan fingerprint density at radius 2 is 1.90 bits per heavy atom. The topological polar surface area (TPSA) is 86.4 Å². The Kier molecular flexibility index (Phi) is 5.38. The molecule has 2 aliphatic rings. The Morgan fingerprint density at radius 3 is 2.52 bits per heavy atom. The van der Waals surface area contributed by atoms with Crippen LogP contribution in [-0.2, 0) is 29.4 Å². The molecule has 1 atom stereocenters. The van der Waals surface area contributed by atoms with Gasteiger partial charge in [0.05, 0.1) is 18.2 Å². The standard InChI is InChI=1S/C20H30N4O3S2/c1-20(2,3)13-5-6-14-15(11-13)28-19-17(14)18(25)21-16(22-19)12-23-7-9-24(10-8-23)29(4,26)27/h13H,5-12H2,1-4H3,(H,21,22,25)/t13-/m0/s1. The van der Waals surface area contributed by atoms with Crippen molar-refractivity contribution in [1.82, 2.24) is 19.2 Å². The van der Waals surface area contributed by atoms with Crippen molar-refractivity contribution in [3.8, 4) is 0 Å². The molecule has 0 radical (unpaired) electrons. The molecule has 0 amide bonds. The predicted molar refractivity (Wildman–Crippen MR) is 117 cm³/mol. The van der Waals surface area contributed by atoms with Crippen LogP contribution in [0.5, 0.6) is 0 Å². The number of thiophene rings is 1. The van der Waals surface area contributed by atoms with Crippen LogP contribution >= 0.6 is 11.3 Å². The molecule has 1 N–H and O–H groups in total. The van der Waals surface area contributed by atoms with Crippen LogP contribution in [-0.4, -0.2) is 60.0 Å². The minimum Gasteiger partial charge on any atom is -0.309 e. The molecule has 29 heavy (non-hydrogen) atoms. The molecule has 7 nitrogen and oxygen atoms in total. The van der Waals surface area contributed by atoms with Crippen molar-refractivity contribution in [1.29, 1.82) is 0 Å². The highest BCUT2D eigenvalue weighted by atomic mass is 32.2. The van der Waals surface area contributed by atoms with Gasteiger partial charge in [-0.25, -0.2) is 13.4 Å². The van der Waals surface area contributed by atoms with E-state index in [1.165, 1.54) is 21.0 Å². The van der Waals surface area contributed by atoms with Crippen molar-refractivity contribution < 1.29 is 8.42 Å². The Bertz CT molecular complexity index is 1070. The van der Waals surface area contributed by atoms with Gasteiger partial charge in [-0.15, -0.1) is 11.3 Å². The maximum absolute atomic E-state index is 12.8. The maximum atomic E-state index is 12.8. The fourth-order valence-corrected chi connectivity index (χ4v) is 6.62. The maximum Gasteiger partial charge on any atom is 0.259 e. The van der Waals surface area contributed by atoms with Crippen molar-refractivity contribution in [2.24, 2.45) is 11.3 Å². The second-order valence-corrected chi connectivity index (χ2v) is 12.5. The number of rotatable bonds is 3. The monoisotopic (exact) mass is 438 g/mol. The molecule has 160 valence electrons. The molecule has 0 bridgehead atoms. The van der Waals surface area contributed by atoms with Crippen molar-refractivity contribution in [3.63, 3.8) is 0 Å². The van der Waals surface area contributed by atoms with Crippen LogP contribution in [0.3, 0.4) is 0 Å². The van der Waals surface area contributed by atoms with Gasteiger partial charge in [0.1, 0.15) is 10.7 Å². The first-order valence-electron chi connectivity index (χ1n) is 10.2. The van der Waals surface area contributed by atoms with Gasteiger partial charge < -0.3 is 4.98 Å². The van der Waals surface area contributed by atoms with Crippen molar-refractivity contribution in [3.05, 3.63) is 26.6 Å². The Balaban J connectivity index is 1.54. The van der Waals surface area contributed by atoms with Crippen LogP contribution in [0, 0.1) is 11.3 Å². The minimum atomic E-state index is -3.14. The highest BCUT2D eigenvalue weighted by Crippen LogP contribution is 2.41. The summed E-state index contributed by atoms with van der Waals surface area (Å²) in [6.07, 6.45) is 4.35. The van der Waals surface area contributed by atoms with E-state index >= 15 is 0 Å². The highest BCUT2D eigenvalue weighted by molar-refractivity contribution is 7.88. The summed E-state index contributed by atoms with van der Waals surface area (Å²) in [4.78, 5) is 24.9. The molecular formula is C20H30N4O3S2. The lowest BCUT2D eigenvalue weighted by Gasteiger charge is -2.33. The van der Waals surface area contributed by atoms with Crippen LogP contribution in [0.15, 0.2) is 4.79 Å². The molecule has 4 rings (SSSR count). The van der Waals surface area contributed by atoms with Gasteiger partial charge in [0.2, 0.25) is 10.0 Å². The summed E-state index contributed by atoms with van der Waals surface area (Å²) >= 11 is 1.68. The average molecular weight is 439 g/mol. The number of H-pyrrole nitrogens is 1. The minimum absolute atomic E-state index is 0.0357. The summed E-state index contributed by atoms with van der Waals surface area (Å²) in [5.74, 6) is 1.30. The van der Waals surface area contributed by atoms with Crippen LogP contribution < -0.4 is 5.56 Å². The van der Waals surface area contributed by atoms with Gasteiger partial charge in [0.15, 0.2) is 0 Å². The summed E-state index contributed by atoms with van der Waals surface area (Å²) in [7, 11) is -3.14. The van der Waals surface area contributed by atoms with E-state index in [4.69, 9.17) is 4.98 Å². The fraction of sp³-hybridized carbons (Fsp3) is 0.700. The summed E-state index contributed by atoms with van der Waals surface area (Å²) in [6.45, 7) is 9.66. The lowest BCUT2D eigenvalue weighted by atomic mass is 9.72. The third kappa shape index (κ3) is 4.28. The van der Waals surface area contributed by atoms with E-state index in [9.17, 15) is 13.2 Å². The van der Waals surface area contributed by atoms with Crippen molar-refractivity contribution in [2.75, 3.05) is 32.4 Å². The van der Waals surface area contributed by atoms with E-state index in [0.717, 1.165) is 29.5 Å². The molecule has 3 heterocycles. The number of aromatic amines is 1. The lowest BCUT2D eigenvalue weighted by molar-refractivity contribution is 0.178. The average Bonchev–Trinajstić information content (AvgIpc) is 2.98. The van der Waals surface area contributed by atoms with Gasteiger partial charge in [-0.1, -0.05) is 20.8 Å². The number of aryl methyl sites for hydroxylation is 1. The Labute approximate surface area is 176 Å². The quantitative estimate of drug-likeness (QED) is 0.794. The van der Waals surface area contributed by atoms with Gasteiger partial charge in [0, 0.05) is 31.1 Å². The number of hydrogen-bond donors (Lipinski definition) is 1. The summed E-state index contributed by atoms with van der Waals surface area (Å²) < 4.78 is 24.8. The van der Waals surface area contributed by atoms with E-state index < -0.39 is 10.0 Å². The molecule has 2 aromatic rings. The predicted octanol–water partition coefficient (Wildman–Crippen LogP) is 2.21. The third-order valence-electron chi connectivity index (χ3n) is 6.37. The van der Waals surface area contributed by atoms with Gasteiger partial charge in [0.25, 0.3) is 5.56 Å². The number of sulfonamides is 1. The number of hydrogen-bond acceptors (Lipinski definition) is 6. The highest BCUT2D eigenvalue weighted by Gasteiger charge is 2.32. The SMILES string of the molecule is CC(C)(C)[C@H]1CCc2c(sc3nc(CN4CCN(S(C)(=O)=O)CC4)[nH]c(=O)c23)C1. The van der Waals surface area contributed by atoms with E-state index in [1.807, 2.05) is 0 Å². The van der Waals surface area contributed by atoms with Crippen LogP contribution in [0.4, 0.5) is 0 Å². The summed E-state index contributed by atoms with van der Waals surface area (Å²) in [5.41, 5.74) is 1.44. The molecule has 0 unspecified atom stereocenters.